The molecule has 0 aliphatic heterocycles. The van der Waals surface area contributed by atoms with Crippen molar-refractivity contribution < 1.29 is 4.79 Å². The average molecular weight is 306 g/mol. The third kappa shape index (κ3) is 3.67. The van der Waals surface area contributed by atoms with Gasteiger partial charge in [0.05, 0.1) is 5.69 Å². The second kappa shape index (κ2) is 7.32. The number of amides is 1. The molecule has 0 aromatic carbocycles. The van der Waals surface area contributed by atoms with Gasteiger partial charge in [0.25, 0.3) is 5.91 Å². The molecule has 114 valence electrons. The molecule has 21 heavy (non-hydrogen) atoms. The number of nitrogen functional groups attached to an aromatic ring is 1. The van der Waals surface area contributed by atoms with Gasteiger partial charge in [0.15, 0.2) is 0 Å². The fraction of sp³-hybridized carbons (Fsp3) is 0.600. The first-order valence-corrected chi connectivity index (χ1v) is 8.30. The Morgan fingerprint density at radius 3 is 2.48 bits per heavy atom. The maximum absolute atomic E-state index is 11.8. The van der Waals surface area contributed by atoms with E-state index < -0.39 is 0 Å². The Labute approximate surface area is 129 Å². The van der Waals surface area contributed by atoms with E-state index in [1.165, 1.54) is 43.4 Å². The SMILES string of the molecule is CNC(=O)c1sc(NC2CCCCCCC2)c(C#N)c1N. The molecular weight excluding hydrogens is 284 g/mol. The molecule has 1 aromatic heterocycles. The molecule has 2 rings (SSSR count). The number of anilines is 2. The molecule has 5 nitrogen and oxygen atoms in total. The third-order valence-corrected chi connectivity index (χ3v) is 5.07. The van der Waals surface area contributed by atoms with Gasteiger partial charge in [0.1, 0.15) is 21.5 Å². The molecule has 1 amide bonds. The Morgan fingerprint density at radius 2 is 1.90 bits per heavy atom. The summed E-state index contributed by atoms with van der Waals surface area (Å²) in [5.41, 5.74) is 6.63. The van der Waals surface area contributed by atoms with Crippen LogP contribution in [-0.4, -0.2) is 19.0 Å². The molecule has 4 N–H and O–H groups in total. The molecule has 0 spiro atoms. The minimum absolute atomic E-state index is 0.236. The molecule has 0 saturated heterocycles. The predicted octanol–water partition coefficient (Wildman–Crippen LogP) is 3.09. The number of carbonyl (C=O) groups excluding carboxylic acids is 1. The largest absolute Gasteiger partial charge is 0.396 e. The summed E-state index contributed by atoms with van der Waals surface area (Å²) in [6.07, 6.45) is 8.52. The summed E-state index contributed by atoms with van der Waals surface area (Å²) >= 11 is 1.28. The van der Waals surface area contributed by atoms with Crippen LogP contribution in [0.15, 0.2) is 0 Å². The zero-order valence-electron chi connectivity index (χ0n) is 12.4. The standard InChI is InChI=1S/C15H22N4OS/c1-18-14(20)13-12(17)11(9-16)15(21-13)19-10-7-5-3-2-4-6-8-10/h10,19H,2-8,17H2,1H3,(H,18,20). The highest BCUT2D eigenvalue weighted by molar-refractivity contribution is 7.18. The smallest absolute Gasteiger partial charge is 0.263 e. The van der Waals surface area contributed by atoms with Crippen molar-refractivity contribution in [3.63, 3.8) is 0 Å². The summed E-state index contributed by atoms with van der Waals surface area (Å²) in [6.45, 7) is 0. The number of thiophene rings is 1. The van der Waals surface area contributed by atoms with Crippen LogP contribution in [0.25, 0.3) is 0 Å². The maximum atomic E-state index is 11.8. The van der Waals surface area contributed by atoms with E-state index in [1.807, 2.05) is 0 Å². The van der Waals surface area contributed by atoms with E-state index in [9.17, 15) is 10.1 Å². The van der Waals surface area contributed by atoms with Gasteiger partial charge < -0.3 is 16.4 Å². The van der Waals surface area contributed by atoms with E-state index in [2.05, 4.69) is 16.7 Å². The van der Waals surface area contributed by atoms with Crippen LogP contribution in [-0.2, 0) is 0 Å². The molecule has 1 aliphatic carbocycles. The van der Waals surface area contributed by atoms with Crippen molar-refractivity contribution in [3.8, 4) is 6.07 Å². The molecule has 1 fully saturated rings. The van der Waals surface area contributed by atoms with Crippen molar-refractivity contribution in [2.24, 2.45) is 0 Å². The van der Waals surface area contributed by atoms with Gasteiger partial charge in [-0.2, -0.15) is 5.26 Å². The highest BCUT2D eigenvalue weighted by Crippen LogP contribution is 2.36. The fourth-order valence-corrected chi connectivity index (χ4v) is 3.82. The van der Waals surface area contributed by atoms with E-state index in [1.54, 1.807) is 7.05 Å². The second-order valence-electron chi connectivity index (χ2n) is 5.43. The highest BCUT2D eigenvalue weighted by atomic mass is 32.1. The number of hydrogen-bond acceptors (Lipinski definition) is 5. The van der Waals surface area contributed by atoms with E-state index in [0.29, 0.717) is 16.5 Å². The average Bonchev–Trinajstić information content (AvgIpc) is 2.76. The topological polar surface area (TPSA) is 90.9 Å². The van der Waals surface area contributed by atoms with Gasteiger partial charge in [-0.05, 0) is 12.8 Å². The number of nitrogens with two attached hydrogens (primary N) is 1. The van der Waals surface area contributed by atoms with Crippen LogP contribution in [0.2, 0.25) is 0 Å². The van der Waals surface area contributed by atoms with E-state index in [0.717, 1.165) is 17.8 Å². The molecule has 1 aliphatic rings. The lowest BCUT2D eigenvalue weighted by molar-refractivity contribution is 0.0968. The fourth-order valence-electron chi connectivity index (χ4n) is 2.72. The number of hydrogen-bond donors (Lipinski definition) is 3. The lowest BCUT2D eigenvalue weighted by atomic mass is 9.97. The van der Waals surface area contributed by atoms with Crippen molar-refractivity contribution in [3.05, 3.63) is 10.4 Å². The van der Waals surface area contributed by atoms with Crippen molar-refractivity contribution >= 4 is 27.9 Å². The van der Waals surface area contributed by atoms with Gasteiger partial charge in [-0.1, -0.05) is 32.1 Å². The zero-order chi connectivity index (χ0) is 15.2. The van der Waals surface area contributed by atoms with Crippen LogP contribution < -0.4 is 16.4 Å². The number of nitrogens with one attached hydrogen (secondary N) is 2. The van der Waals surface area contributed by atoms with Crippen molar-refractivity contribution in [1.29, 1.82) is 5.26 Å². The summed E-state index contributed by atoms with van der Waals surface area (Å²) in [6, 6.07) is 2.49. The summed E-state index contributed by atoms with van der Waals surface area (Å²) in [7, 11) is 1.56. The predicted molar refractivity (Wildman–Crippen MR) is 86.6 cm³/mol. The van der Waals surface area contributed by atoms with Gasteiger partial charge >= 0.3 is 0 Å². The first-order valence-electron chi connectivity index (χ1n) is 7.48. The quantitative estimate of drug-likeness (QED) is 0.800. The Hall–Kier alpha value is -1.74. The Morgan fingerprint density at radius 1 is 1.29 bits per heavy atom. The van der Waals surface area contributed by atoms with E-state index >= 15 is 0 Å². The maximum Gasteiger partial charge on any atom is 0.263 e. The Kier molecular flexibility index (Phi) is 5.45. The van der Waals surface area contributed by atoms with Crippen molar-refractivity contribution in [2.45, 2.75) is 51.0 Å². The zero-order valence-corrected chi connectivity index (χ0v) is 13.2. The van der Waals surface area contributed by atoms with Crippen LogP contribution in [0.5, 0.6) is 0 Å². The Balaban J connectivity index is 2.18. The molecule has 0 bridgehead atoms. The minimum atomic E-state index is -0.236. The number of nitriles is 1. The van der Waals surface area contributed by atoms with Crippen molar-refractivity contribution in [2.75, 3.05) is 18.1 Å². The first-order chi connectivity index (χ1) is 10.2. The molecule has 6 heteroatoms. The molecule has 1 aromatic rings. The Bertz CT molecular complexity index is 539. The molecule has 0 atom stereocenters. The van der Waals surface area contributed by atoms with Gasteiger partial charge in [-0.15, -0.1) is 11.3 Å². The number of rotatable bonds is 3. The van der Waals surface area contributed by atoms with Gasteiger partial charge in [-0.3, -0.25) is 4.79 Å². The number of carbonyl (C=O) groups is 1. The number of nitrogens with zero attached hydrogens (tertiary/aromatic N) is 1. The molecular formula is C15H22N4OS. The van der Waals surface area contributed by atoms with E-state index in [4.69, 9.17) is 5.73 Å². The first kappa shape index (κ1) is 15.6. The summed E-state index contributed by atoms with van der Waals surface area (Å²) in [5.74, 6) is -0.236. The van der Waals surface area contributed by atoms with Crippen LogP contribution in [0, 0.1) is 11.3 Å². The summed E-state index contributed by atoms with van der Waals surface area (Å²) in [4.78, 5) is 12.2. The highest BCUT2D eigenvalue weighted by Gasteiger charge is 2.22. The van der Waals surface area contributed by atoms with Crippen molar-refractivity contribution in [1.82, 2.24) is 5.32 Å². The van der Waals surface area contributed by atoms with Crippen LogP contribution in [0.4, 0.5) is 10.7 Å². The summed E-state index contributed by atoms with van der Waals surface area (Å²) in [5, 5.41) is 16.0. The normalized spacial score (nSPS) is 16.6. The summed E-state index contributed by atoms with van der Waals surface area (Å²) < 4.78 is 0. The lowest BCUT2D eigenvalue weighted by Gasteiger charge is -2.21. The van der Waals surface area contributed by atoms with E-state index in [-0.39, 0.29) is 11.6 Å². The molecule has 1 saturated carbocycles. The van der Waals surface area contributed by atoms with Gasteiger partial charge in [0, 0.05) is 13.1 Å². The lowest BCUT2D eigenvalue weighted by Crippen LogP contribution is -2.20. The monoisotopic (exact) mass is 306 g/mol. The van der Waals surface area contributed by atoms with Gasteiger partial charge in [-0.25, -0.2) is 0 Å². The second-order valence-corrected chi connectivity index (χ2v) is 6.45. The third-order valence-electron chi connectivity index (χ3n) is 3.93. The van der Waals surface area contributed by atoms with Crippen LogP contribution in [0.3, 0.4) is 0 Å². The van der Waals surface area contributed by atoms with Crippen LogP contribution in [0.1, 0.15) is 60.2 Å². The molecule has 0 radical (unpaired) electrons. The molecule has 1 heterocycles. The van der Waals surface area contributed by atoms with Crippen LogP contribution >= 0.6 is 11.3 Å². The molecule has 0 unspecified atom stereocenters. The van der Waals surface area contributed by atoms with Gasteiger partial charge in [0.2, 0.25) is 0 Å². The minimum Gasteiger partial charge on any atom is -0.396 e.